The van der Waals surface area contributed by atoms with Crippen LogP contribution in [0.1, 0.15) is 0 Å². The van der Waals surface area contributed by atoms with Crippen LogP contribution in [0.5, 0.6) is 0 Å². The molecule has 7 radical (unpaired) electrons. The monoisotopic (exact) mass is 265 g/mol. The molecule has 0 saturated carbocycles. The van der Waals surface area contributed by atoms with E-state index in [0.29, 0.717) is 0 Å². The summed E-state index contributed by atoms with van der Waals surface area (Å²) in [7, 11) is 0. The van der Waals surface area contributed by atoms with Gasteiger partial charge in [-0.3, -0.25) is 0 Å². The molecule has 0 aliphatic heterocycles. The third kappa shape index (κ3) is 10.2. The fourth-order valence-corrected chi connectivity index (χ4v) is 0. The SMILES string of the molecule is [B].[B].[Co].[W]. The van der Waals surface area contributed by atoms with Gasteiger partial charge in [0.15, 0.2) is 0 Å². The molecule has 0 aromatic heterocycles. The largest absolute Gasteiger partial charge is 0 e. The van der Waals surface area contributed by atoms with Crippen LogP contribution in [-0.2, 0) is 37.8 Å². The van der Waals surface area contributed by atoms with Gasteiger partial charge in [-0.1, -0.05) is 0 Å². The van der Waals surface area contributed by atoms with Gasteiger partial charge in [-0.25, -0.2) is 0 Å². The standard InChI is InChI=1S/2B.Co.W. The summed E-state index contributed by atoms with van der Waals surface area (Å²) < 4.78 is 0. The molecule has 0 fully saturated rings. The predicted molar refractivity (Wildman–Crippen MR) is 11.5 cm³/mol. The normalized spacial score (nSPS) is 0. The van der Waals surface area contributed by atoms with Crippen molar-refractivity contribution in [3.8, 4) is 0 Å². The van der Waals surface area contributed by atoms with Crippen LogP contribution in [0.3, 0.4) is 0 Å². The molecule has 0 aliphatic rings. The van der Waals surface area contributed by atoms with Crippen molar-refractivity contribution in [3.05, 3.63) is 0 Å². The molecule has 0 atom stereocenters. The summed E-state index contributed by atoms with van der Waals surface area (Å²) >= 11 is 0. The molecule has 0 unspecified atom stereocenters. The zero-order chi connectivity index (χ0) is 0. The molecule has 0 amide bonds. The van der Waals surface area contributed by atoms with Gasteiger partial charge in [0.2, 0.25) is 0 Å². The van der Waals surface area contributed by atoms with E-state index in [4.69, 9.17) is 0 Å². The van der Waals surface area contributed by atoms with Gasteiger partial charge in [0.25, 0.3) is 0 Å². The second-order valence-corrected chi connectivity index (χ2v) is 0. The molecule has 21 valence electrons. The van der Waals surface area contributed by atoms with Crippen LogP contribution in [0.15, 0.2) is 0 Å². The van der Waals surface area contributed by atoms with E-state index in [9.17, 15) is 0 Å². The third-order valence-corrected chi connectivity index (χ3v) is 0. The van der Waals surface area contributed by atoms with Crippen molar-refractivity contribution in [2.45, 2.75) is 0 Å². The van der Waals surface area contributed by atoms with E-state index in [1.54, 1.807) is 0 Å². The molecule has 4 heteroatoms. The zero-order valence-corrected chi connectivity index (χ0v) is 5.87. The molecule has 0 N–H and O–H groups in total. The van der Waals surface area contributed by atoms with E-state index in [2.05, 4.69) is 0 Å². The van der Waals surface area contributed by atoms with Crippen molar-refractivity contribution in [2.24, 2.45) is 0 Å². The molecule has 4 heavy (non-hydrogen) atoms. The van der Waals surface area contributed by atoms with Crippen molar-refractivity contribution in [3.63, 3.8) is 0 Å². The Balaban J connectivity index is 0. The van der Waals surface area contributed by atoms with Gasteiger partial charge in [-0.2, -0.15) is 0 Å². The molecule has 0 saturated heterocycles. The second-order valence-electron chi connectivity index (χ2n) is 0. The first-order chi connectivity index (χ1) is 0. The van der Waals surface area contributed by atoms with E-state index in [1.807, 2.05) is 0 Å². The Morgan fingerprint density at radius 2 is 0.750 bits per heavy atom. The van der Waals surface area contributed by atoms with Crippen LogP contribution in [0.4, 0.5) is 0 Å². The minimum Gasteiger partial charge on any atom is 0 e. The first-order valence-corrected chi connectivity index (χ1v) is 0. The molecule has 0 bridgehead atoms. The van der Waals surface area contributed by atoms with Crippen LogP contribution >= 0.6 is 0 Å². The van der Waals surface area contributed by atoms with Crippen LogP contribution in [0, 0.1) is 0 Å². The van der Waals surface area contributed by atoms with Gasteiger partial charge in [-0.05, 0) is 0 Å². The summed E-state index contributed by atoms with van der Waals surface area (Å²) in [6.07, 6.45) is 0. The minimum atomic E-state index is 0. The maximum absolute atomic E-state index is 0. The molecular formula is B2CoW. The summed E-state index contributed by atoms with van der Waals surface area (Å²) in [5, 5.41) is 0. The fraction of sp³-hybridized carbons (Fsp3) is 0. The van der Waals surface area contributed by atoms with Gasteiger partial charge in [0.1, 0.15) is 0 Å². The smallest absolute Gasteiger partial charge is 0 e. The van der Waals surface area contributed by atoms with E-state index in [1.165, 1.54) is 0 Å². The van der Waals surface area contributed by atoms with Gasteiger partial charge >= 0.3 is 0 Å². The third-order valence-electron chi connectivity index (χ3n) is 0. The molecule has 0 nitrogen and oxygen atoms in total. The maximum atomic E-state index is 0. The first kappa shape index (κ1) is 56.8. The topological polar surface area (TPSA) is 0 Å². The zero-order valence-electron chi connectivity index (χ0n) is 1.90. The van der Waals surface area contributed by atoms with E-state index < -0.39 is 0 Å². The number of hydrogen-bond donors (Lipinski definition) is 0. The van der Waals surface area contributed by atoms with Crippen LogP contribution in [-0.4, -0.2) is 16.8 Å². The first-order valence-electron chi connectivity index (χ1n) is 0. The molecular weight excluding hydrogens is 264 g/mol. The number of rotatable bonds is 0. The Kier molecular flexibility index (Phi) is 387. The molecule has 0 rings (SSSR count). The Labute approximate surface area is 54.7 Å². The molecule has 0 aromatic carbocycles. The maximum Gasteiger partial charge on any atom is 0 e. The van der Waals surface area contributed by atoms with Crippen molar-refractivity contribution in [1.29, 1.82) is 0 Å². The van der Waals surface area contributed by atoms with Crippen molar-refractivity contribution < 1.29 is 37.8 Å². The summed E-state index contributed by atoms with van der Waals surface area (Å²) in [6.45, 7) is 0. The average molecular weight is 264 g/mol. The Hall–Kier alpha value is 1.32. The van der Waals surface area contributed by atoms with Crippen LogP contribution in [0.25, 0.3) is 0 Å². The fourth-order valence-electron chi connectivity index (χ4n) is 0. The van der Waals surface area contributed by atoms with Crippen LogP contribution < -0.4 is 0 Å². The summed E-state index contributed by atoms with van der Waals surface area (Å²) in [5.41, 5.74) is 0. The van der Waals surface area contributed by atoms with E-state index in [0.717, 1.165) is 0 Å². The predicted octanol–water partition coefficient (Wildman–Crippen LogP) is -0.767. The summed E-state index contributed by atoms with van der Waals surface area (Å²) in [5.74, 6) is 0. The minimum absolute atomic E-state index is 0. The van der Waals surface area contributed by atoms with Crippen molar-refractivity contribution in [1.82, 2.24) is 0 Å². The van der Waals surface area contributed by atoms with E-state index >= 15 is 0 Å². The number of hydrogen-bond acceptors (Lipinski definition) is 0. The molecule has 0 heterocycles. The Morgan fingerprint density at radius 1 is 0.750 bits per heavy atom. The molecule has 0 spiro atoms. The van der Waals surface area contributed by atoms with Gasteiger partial charge in [0, 0.05) is 54.7 Å². The van der Waals surface area contributed by atoms with E-state index in [-0.39, 0.29) is 54.7 Å². The van der Waals surface area contributed by atoms with Crippen molar-refractivity contribution >= 4 is 16.8 Å². The Bertz CT molecular complexity index is 6.00. The van der Waals surface area contributed by atoms with Crippen LogP contribution in [0.2, 0.25) is 0 Å². The summed E-state index contributed by atoms with van der Waals surface area (Å²) in [6, 6.07) is 0. The summed E-state index contributed by atoms with van der Waals surface area (Å²) in [4.78, 5) is 0. The van der Waals surface area contributed by atoms with Crippen molar-refractivity contribution in [2.75, 3.05) is 0 Å². The molecule has 0 aromatic rings. The average Bonchev–Trinajstić information content (AvgIpc) is 0. The van der Waals surface area contributed by atoms with Gasteiger partial charge in [-0.15, -0.1) is 0 Å². The van der Waals surface area contributed by atoms with Gasteiger partial charge in [0.05, 0.1) is 0 Å². The molecule has 0 aliphatic carbocycles. The van der Waals surface area contributed by atoms with Gasteiger partial charge < -0.3 is 0 Å². The Morgan fingerprint density at radius 3 is 0.750 bits per heavy atom. The quantitative estimate of drug-likeness (QED) is 0.504. The second kappa shape index (κ2) is 27.2.